The number of hydrogen-bond donors (Lipinski definition) is 1. The summed E-state index contributed by atoms with van der Waals surface area (Å²) < 4.78 is 29.7. The van der Waals surface area contributed by atoms with Gasteiger partial charge in [0.15, 0.2) is 18.2 Å². The summed E-state index contributed by atoms with van der Waals surface area (Å²) in [5, 5.41) is 12.1. The van der Waals surface area contributed by atoms with Crippen molar-refractivity contribution in [2.45, 2.75) is 90.5 Å². The average molecular weight is 557 g/mol. The molecule has 10 heteroatoms. The fraction of sp³-hybridized carbons (Fsp3) is 0.733. The zero-order valence-corrected chi connectivity index (χ0v) is 23.4. The molecule has 10 nitrogen and oxygen atoms in total. The number of Topliss-reactive ketones (excluding diaryl/α,β-unsaturated/α-hetero) is 2. The number of carbonyl (C=O) groups is 4. The van der Waals surface area contributed by atoms with Gasteiger partial charge in [-0.2, -0.15) is 0 Å². The number of ether oxygens (including phenoxy) is 4. The van der Waals surface area contributed by atoms with Crippen LogP contribution in [0.2, 0.25) is 0 Å². The van der Waals surface area contributed by atoms with Gasteiger partial charge in [0.1, 0.15) is 11.9 Å². The largest absolute Gasteiger partial charge is 0.472 e. The molecular weight excluding hydrogens is 520 g/mol. The predicted octanol–water partition coefficient (Wildman–Crippen LogP) is 2.56. The summed E-state index contributed by atoms with van der Waals surface area (Å²) in [6, 6.07) is 1.78. The minimum atomic E-state index is -1.21. The number of esters is 2. The molecule has 4 aliphatic heterocycles. The molecule has 8 aliphatic rings. The van der Waals surface area contributed by atoms with Gasteiger partial charge in [-0.1, -0.05) is 20.8 Å². The monoisotopic (exact) mass is 556 g/mol. The van der Waals surface area contributed by atoms with E-state index in [1.807, 2.05) is 20.8 Å². The van der Waals surface area contributed by atoms with Crippen molar-refractivity contribution in [2.24, 2.45) is 39.4 Å². The van der Waals surface area contributed by atoms with Gasteiger partial charge in [0.25, 0.3) is 0 Å². The van der Waals surface area contributed by atoms with E-state index in [0.717, 1.165) is 5.56 Å². The molecule has 4 saturated heterocycles. The first-order valence-corrected chi connectivity index (χ1v) is 14.2. The van der Waals surface area contributed by atoms with Gasteiger partial charge < -0.3 is 28.5 Å². The SMILES string of the molecule is CC(=O)O[C@H]1C[C@@H]2OC3OC[C@@]24[C@@H](C[C@@H](O)[C@@]2(C)[C@@H]5C(=O)C[C@@H](c6ccoc6)[C@]5(C)[C@@H](OC(C)=O)C(=O)[C@@H]24)[C@@]31C. The second-order valence-corrected chi connectivity index (χ2v) is 13.7. The second-order valence-electron chi connectivity index (χ2n) is 13.7. The van der Waals surface area contributed by atoms with Crippen LogP contribution in [0.25, 0.3) is 0 Å². The highest BCUT2D eigenvalue weighted by molar-refractivity contribution is 5.97. The van der Waals surface area contributed by atoms with Crippen LogP contribution >= 0.6 is 0 Å². The summed E-state index contributed by atoms with van der Waals surface area (Å²) in [5.41, 5.74) is -3.21. The van der Waals surface area contributed by atoms with Crippen LogP contribution in [-0.4, -0.2) is 65.9 Å². The van der Waals surface area contributed by atoms with Crippen LogP contribution in [0.1, 0.15) is 65.4 Å². The average Bonchev–Trinajstić information content (AvgIpc) is 3.49. The Morgan fingerprint density at radius 3 is 2.38 bits per heavy atom. The lowest BCUT2D eigenvalue weighted by molar-refractivity contribution is -0.451. The Morgan fingerprint density at radius 2 is 1.73 bits per heavy atom. The van der Waals surface area contributed by atoms with Gasteiger partial charge in [-0.3, -0.25) is 19.2 Å². The molecule has 13 atom stereocenters. The van der Waals surface area contributed by atoms with Crippen molar-refractivity contribution in [1.82, 2.24) is 0 Å². The van der Waals surface area contributed by atoms with Crippen molar-refractivity contribution in [2.75, 3.05) is 6.61 Å². The Bertz CT molecular complexity index is 1310. The number of rotatable bonds is 3. The molecule has 40 heavy (non-hydrogen) atoms. The van der Waals surface area contributed by atoms with Crippen LogP contribution in [0.5, 0.6) is 0 Å². The molecule has 1 aromatic rings. The topological polar surface area (TPSA) is 139 Å². The molecule has 4 aliphatic carbocycles. The van der Waals surface area contributed by atoms with Gasteiger partial charge in [-0.05, 0) is 24.0 Å². The number of aliphatic hydroxyl groups is 1. The van der Waals surface area contributed by atoms with Crippen LogP contribution < -0.4 is 0 Å². The van der Waals surface area contributed by atoms with Gasteiger partial charge in [0.05, 0.1) is 36.8 Å². The predicted molar refractivity (Wildman–Crippen MR) is 134 cm³/mol. The van der Waals surface area contributed by atoms with Crippen LogP contribution in [0.4, 0.5) is 0 Å². The molecule has 1 unspecified atom stereocenters. The summed E-state index contributed by atoms with van der Waals surface area (Å²) in [5.74, 6) is -3.77. The standard InChI is InChI=1S/C30H36O10/c1-13(31)38-20-10-21-30-12-37-26(40-21)28(20,4)18(30)9-19(34)29(5)23-17(33)8-16(15-6-7-36-11-15)27(23,3)25(39-14(2)32)22(35)24(29)30/h6-7,11,16,18-21,23-26,34H,8-10,12H2,1-5H3/t16-,18-,19+,20-,21-,23+,24-,25-,26?,27-,28+,29-,30+/m0/s1. The maximum atomic E-state index is 15.0. The number of aliphatic hydroxyl groups excluding tert-OH is 1. The molecule has 5 heterocycles. The first-order valence-electron chi connectivity index (χ1n) is 14.2. The van der Waals surface area contributed by atoms with Crippen LogP contribution in [0, 0.1) is 39.4 Å². The highest BCUT2D eigenvalue weighted by Gasteiger charge is 2.84. The number of furan rings is 1. The Hall–Kier alpha value is -2.56. The fourth-order valence-corrected chi connectivity index (χ4v) is 10.8. The summed E-state index contributed by atoms with van der Waals surface area (Å²) in [6.45, 7) is 8.50. The summed E-state index contributed by atoms with van der Waals surface area (Å²) in [4.78, 5) is 53.6. The zero-order valence-electron chi connectivity index (χ0n) is 23.4. The lowest BCUT2D eigenvalue weighted by Crippen LogP contribution is -2.84. The Morgan fingerprint density at radius 1 is 1.00 bits per heavy atom. The summed E-state index contributed by atoms with van der Waals surface area (Å²) in [7, 11) is 0. The highest BCUT2D eigenvalue weighted by atomic mass is 16.7. The first kappa shape index (κ1) is 26.3. The third-order valence-electron chi connectivity index (χ3n) is 12.1. The lowest BCUT2D eigenvalue weighted by atomic mass is 9.33. The molecule has 4 saturated carbocycles. The second kappa shape index (κ2) is 8.04. The van der Waals surface area contributed by atoms with Crippen molar-refractivity contribution in [3.63, 3.8) is 0 Å². The van der Waals surface area contributed by atoms with Crippen LogP contribution in [-0.2, 0) is 38.1 Å². The molecule has 216 valence electrons. The van der Waals surface area contributed by atoms with E-state index in [9.17, 15) is 24.3 Å². The lowest BCUT2D eigenvalue weighted by Gasteiger charge is -2.76. The molecule has 0 aromatic carbocycles. The molecule has 1 spiro atoms. The van der Waals surface area contributed by atoms with E-state index >= 15 is 0 Å². The number of hydrogen-bond acceptors (Lipinski definition) is 10. The van der Waals surface area contributed by atoms with Gasteiger partial charge in [-0.25, -0.2) is 0 Å². The van der Waals surface area contributed by atoms with Gasteiger partial charge in [0.2, 0.25) is 0 Å². The van der Waals surface area contributed by atoms with Crippen molar-refractivity contribution in [3.05, 3.63) is 24.2 Å². The van der Waals surface area contributed by atoms with Crippen LogP contribution in [0.15, 0.2) is 23.0 Å². The van der Waals surface area contributed by atoms with Crippen molar-refractivity contribution >= 4 is 23.5 Å². The molecule has 0 amide bonds. The molecule has 1 aromatic heterocycles. The molecule has 4 bridgehead atoms. The van der Waals surface area contributed by atoms with Gasteiger partial charge >= 0.3 is 11.9 Å². The van der Waals surface area contributed by atoms with Crippen LogP contribution in [0.3, 0.4) is 0 Å². The number of ketones is 2. The maximum Gasteiger partial charge on any atom is 0.303 e. The summed E-state index contributed by atoms with van der Waals surface area (Å²) in [6.07, 6.45) is 0.0572. The fourth-order valence-electron chi connectivity index (χ4n) is 10.8. The van der Waals surface area contributed by atoms with Gasteiger partial charge in [-0.15, -0.1) is 0 Å². The Balaban J connectivity index is 1.42. The molecule has 9 rings (SSSR count). The third-order valence-corrected chi connectivity index (χ3v) is 12.1. The minimum Gasteiger partial charge on any atom is -0.472 e. The maximum absolute atomic E-state index is 15.0. The Labute approximate surface area is 232 Å². The van der Waals surface area contributed by atoms with E-state index in [2.05, 4.69) is 0 Å². The first-order chi connectivity index (χ1) is 18.8. The van der Waals surface area contributed by atoms with E-state index in [0.29, 0.717) is 12.8 Å². The van der Waals surface area contributed by atoms with E-state index in [1.54, 1.807) is 12.3 Å². The zero-order chi connectivity index (χ0) is 28.6. The smallest absolute Gasteiger partial charge is 0.303 e. The molecule has 8 fully saturated rings. The normalized spacial score (nSPS) is 52.1. The van der Waals surface area contributed by atoms with Crippen molar-refractivity contribution in [3.8, 4) is 0 Å². The minimum absolute atomic E-state index is 0.0692. The highest BCUT2D eigenvalue weighted by Crippen LogP contribution is 2.77. The quantitative estimate of drug-likeness (QED) is 0.553. The molecule has 1 N–H and O–H groups in total. The number of fused-ring (bicyclic) bond motifs is 5. The van der Waals surface area contributed by atoms with Crippen molar-refractivity contribution < 1.29 is 47.6 Å². The van der Waals surface area contributed by atoms with Gasteiger partial charge in [0, 0.05) is 60.7 Å². The number of carbonyl (C=O) groups excluding carboxylic acids is 4. The van der Waals surface area contributed by atoms with E-state index in [4.69, 9.17) is 23.4 Å². The third kappa shape index (κ3) is 2.80. The Kier molecular flexibility index (Phi) is 5.30. The summed E-state index contributed by atoms with van der Waals surface area (Å²) >= 11 is 0. The van der Waals surface area contributed by atoms with Crippen molar-refractivity contribution in [1.29, 1.82) is 0 Å². The molecular formula is C30H36O10. The van der Waals surface area contributed by atoms with E-state index < -0.39 is 82.1 Å². The molecule has 0 radical (unpaired) electrons. The van der Waals surface area contributed by atoms with E-state index in [1.165, 1.54) is 20.1 Å². The van der Waals surface area contributed by atoms with E-state index in [-0.39, 0.29) is 30.5 Å².